The Morgan fingerprint density at radius 3 is 2.77 bits per heavy atom. The van der Waals surface area contributed by atoms with Crippen molar-refractivity contribution in [2.75, 3.05) is 39.8 Å². The molecule has 0 unspecified atom stereocenters. The minimum absolute atomic E-state index is 0.122. The molecule has 0 radical (unpaired) electrons. The van der Waals surface area contributed by atoms with Crippen molar-refractivity contribution < 1.29 is 9.59 Å². The Bertz CT molecular complexity index is 546. The van der Waals surface area contributed by atoms with Gasteiger partial charge in [-0.15, -0.1) is 0 Å². The van der Waals surface area contributed by atoms with Crippen molar-refractivity contribution >= 4 is 11.8 Å². The fourth-order valence-corrected chi connectivity index (χ4v) is 3.02. The van der Waals surface area contributed by atoms with E-state index >= 15 is 0 Å². The predicted molar refractivity (Wildman–Crippen MR) is 84.4 cm³/mol. The third-order valence-corrected chi connectivity index (χ3v) is 4.62. The van der Waals surface area contributed by atoms with Crippen LogP contribution in [0, 0.1) is 5.92 Å². The van der Waals surface area contributed by atoms with E-state index in [0.717, 1.165) is 26.1 Å². The number of rotatable bonds is 5. The van der Waals surface area contributed by atoms with Crippen molar-refractivity contribution in [2.45, 2.75) is 12.3 Å². The molecule has 1 saturated heterocycles. The van der Waals surface area contributed by atoms with E-state index in [4.69, 9.17) is 0 Å². The third-order valence-electron chi connectivity index (χ3n) is 4.62. The first-order valence-corrected chi connectivity index (χ1v) is 7.94. The van der Waals surface area contributed by atoms with Crippen LogP contribution in [0.15, 0.2) is 30.3 Å². The molecule has 2 aliphatic rings. The number of nitrogens with zero attached hydrogens (tertiary/aromatic N) is 2. The van der Waals surface area contributed by atoms with E-state index in [0.29, 0.717) is 19.0 Å². The molecule has 0 bridgehead atoms. The number of likely N-dealkylation sites (N-methyl/N-ethyl adjacent to an activating group) is 1. The number of carbonyl (C=O) groups is 2. The summed E-state index contributed by atoms with van der Waals surface area (Å²) in [6.07, 6.45) is 0.947. The Labute approximate surface area is 131 Å². The van der Waals surface area contributed by atoms with Crippen molar-refractivity contribution in [1.29, 1.82) is 0 Å². The van der Waals surface area contributed by atoms with Crippen LogP contribution in [0.4, 0.5) is 0 Å². The molecule has 1 aliphatic heterocycles. The molecule has 0 spiro atoms. The molecule has 0 aromatic heterocycles. The van der Waals surface area contributed by atoms with Gasteiger partial charge in [0.25, 0.3) is 0 Å². The number of benzene rings is 1. The minimum atomic E-state index is 0.122. The molecule has 2 fully saturated rings. The lowest BCUT2D eigenvalue weighted by Gasteiger charge is -2.31. The van der Waals surface area contributed by atoms with Crippen molar-refractivity contribution in [2.24, 2.45) is 5.92 Å². The normalized spacial score (nSPS) is 25.1. The van der Waals surface area contributed by atoms with Gasteiger partial charge in [-0.3, -0.25) is 14.5 Å². The molecule has 1 saturated carbocycles. The monoisotopic (exact) mass is 301 g/mol. The van der Waals surface area contributed by atoms with Gasteiger partial charge < -0.3 is 10.2 Å². The third kappa shape index (κ3) is 3.47. The van der Waals surface area contributed by atoms with Crippen molar-refractivity contribution in [1.82, 2.24) is 15.1 Å². The molecule has 2 atom stereocenters. The maximum absolute atomic E-state index is 12.1. The maximum Gasteiger partial charge on any atom is 0.236 e. The quantitative estimate of drug-likeness (QED) is 0.870. The molecule has 1 aliphatic carbocycles. The number of hydrogen-bond acceptors (Lipinski definition) is 3. The molecular formula is C17H23N3O2. The van der Waals surface area contributed by atoms with Gasteiger partial charge in [0.2, 0.25) is 11.8 Å². The molecule has 1 N–H and O–H groups in total. The van der Waals surface area contributed by atoms with E-state index in [1.165, 1.54) is 5.56 Å². The van der Waals surface area contributed by atoms with Crippen LogP contribution in [0.25, 0.3) is 0 Å². The Morgan fingerprint density at radius 1 is 1.27 bits per heavy atom. The number of piperazine rings is 1. The average Bonchev–Trinajstić information content (AvgIpc) is 3.32. The molecule has 118 valence electrons. The van der Waals surface area contributed by atoms with Crippen LogP contribution >= 0.6 is 0 Å². The Hall–Kier alpha value is -1.88. The van der Waals surface area contributed by atoms with Crippen LogP contribution in [0.2, 0.25) is 0 Å². The van der Waals surface area contributed by atoms with Crippen LogP contribution in [-0.2, 0) is 9.59 Å². The van der Waals surface area contributed by atoms with Crippen LogP contribution < -0.4 is 5.32 Å². The minimum Gasteiger partial charge on any atom is -0.355 e. The first-order valence-electron chi connectivity index (χ1n) is 7.94. The van der Waals surface area contributed by atoms with Crippen molar-refractivity contribution in [3.05, 3.63) is 35.9 Å². The lowest BCUT2D eigenvalue weighted by molar-refractivity contribution is -0.134. The molecule has 5 heteroatoms. The first-order chi connectivity index (χ1) is 10.6. The summed E-state index contributed by atoms with van der Waals surface area (Å²) >= 11 is 0. The smallest absolute Gasteiger partial charge is 0.236 e. The van der Waals surface area contributed by atoms with Gasteiger partial charge >= 0.3 is 0 Å². The van der Waals surface area contributed by atoms with E-state index in [2.05, 4.69) is 22.3 Å². The average molecular weight is 301 g/mol. The number of nitrogens with one attached hydrogen (secondary N) is 1. The maximum atomic E-state index is 12.1. The van der Waals surface area contributed by atoms with Crippen LogP contribution in [0.5, 0.6) is 0 Å². The number of carbonyl (C=O) groups excluding carboxylic acids is 2. The van der Waals surface area contributed by atoms with E-state index in [1.54, 1.807) is 4.90 Å². The summed E-state index contributed by atoms with van der Waals surface area (Å²) in [7, 11) is 1.83. The lowest BCUT2D eigenvalue weighted by atomic mass is 10.1. The van der Waals surface area contributed by atoms with Crippen molar-refractivity contribution in [3.8, 4) is 0 Å². The summed E-state index contributed by atoms with van der Waals surface area (Å²) in [4.78, 5) is 27.6. The van der Waals surface area contributed by atoms with Crippen LogP contribution in [0.3, 0.4) is 0 Å². The van der Waals surface area contributed by atoms with Gasteiger partial charge in [-0.05, 0) is 17.9 Å². The summed E-state index contributed by atoms with van der Waals surface area (Å²) in [5.74, 6) is 0.807. The summed E-state index contributed by atoms with van der Waals surface area (Å²) < 4.78 is 0. The van der Waals surface area contributed by atoms with Gasteiger partial charge in [0, 0.05) is 39.1 Å². The van der Waals surface area contributed by atoms with Gasteiger partial charge in [0.05, 0.1) is 6.54 Å². The molecule has 22 heavy (non-hydrogen) atoms. The second-order valence-corrected chi connectivity index (χ2v) is 6.24. The summed E-state index contributed by atoms with van der Waals surface area (Å²) in [6, 6.07) is 10.2. The predicted octanol–water partition coefficient (Wildman–Crippen LogP) is 0.680. The largest absolute Gasteiger partial charge is 0.355 e. The van der Waals surface area contributed by atoms with E-state index in [1.807, 2.05) is 25.2 Å². The summed E-state index contributed by atoms with van der Waals surface area (Å²) in [6.45, 7) is 3.48. The Kier molecular flexibility index (Phi) is 4.43. The second-order valence-electron chi connectivity index (χ2n) is 6.24. The van der Waals surface area contributed by atoms with Crippen LogP contribution in [0.1, 0.15) is 17.9 Å². The Balaban J connectivity index is 1.38. The van der Waals surface area contributed by atoms with E-state index in [-0.39, 0.29) is 17.7 Å². The van der Waals surface area contributed by atoms with Gasteiger partial charge in [0.1, 0.15) is 0 Å². The molecule has 3 rings (SSSR count). The fraction of sp³-hybridized carbons (Fsp3) is 0.529. The second kappa shape index (κ2) is 6.48. The highest BCUT2D eigenvalue weighted by atomic mass is 16.2. The Morgan fingerprint density at radius 2 is 2.05 bits per heavy atom. The van der Waals surface area contributed by atoms with Crippen LogP contribution in [-0.4, -0.2) is 61.4 Å². The fourth-order valence-electron chi connectivity index (χ4n) is 3.02. The molecule has 2 amide bonds. The zero-order chi connectivity index (χ0) is 15.5. The summed E-state index contributed by atoms with van der Waals surface area (Å²) in [5.41, 5.74) is 1.26. The van der Waals surface area contributed by atoms with E-state index in [9.17, 15) is 9.59 Å². The highest BCUT2D eigenvalue weighted by Gasteiger charge is 2.43. The standard InChI is InChI=1S/C17H23N3O2/c1-19-9-10-20(12-16(19)21)8-7-18-17(22)15-11-14(15)13-5-3-2-4-6-13/h2-6,14-15H,7-12H2,1H3,(H,18,22)/t14-,15+/m1/s1. The van der Waals surface area contributed by atoms with Crippen molar-refractivity contribution in [3.63, 3.8) is 0 Å². The molecule has 1 aromatic carbocycles. The summed E-state index contributed by atoms with van der Waals surface area (Å²) in [5, 5.41) is 3.01. The lowest BCUT2D eigenvalue weighted by Crippen LogP contribution is -2.50. The molecule has 1 heterocycles. The zero-order valence-electron chi connectivity index (χ0n) is 13.0. The van der Waals surface area contributed by atoms with Gasteiger partial charge in [-0.25, -0.2) is 0 Å². The van der Waals surface area contributed by atoms with Gasteiger partial charge in [-0.1, -0.05) is 30.3 Å². The van der Waals surface area contributed by atoms with E-state index < -0.39 is 0 Å². The first kappa shape index (κ1) is 15.0. The molecular weight excluding hydrogens is 278 g/mol. The molecule has 1 aromatic rings. The van der Waals surface area contributed by atoms with Gasteiger partial charge in [0.15, 0.2) is 0 Å². The zero-order valence-corrected chi connectivity index (χ0v) is 13.0. The number of hydrogen-bond donors (Lipinski definition) is 1. The molecule has 5 nitrogen and oxygen atoms in total. The highest BCUT2D eigenvalue weighted by Crippen LogP contribution is 2.47. The topological polar surface area (TPSA) is 52.6 Å². The SMILES string of the molecule is CN1CCN(CCNC(=O)[C@H]2C[C@@H]2c2ccccc2)CC1=O. The highest BCUT2D eigenvalue weighted by molar-refractivity contribution is 5.83. The van der Waals surface area contributed by atoms with Gasteiger partial charge in [-0.2, -0.15) is 0 Å². The number of amides is 2.